The van der Waals surface area contributed by atoms with E-state index in [1.165, 1.54) is 0 Å². The van der Waals surface area contributed by atoms with Crippen molar-refractivity contribution in [1.29, 1.82) is 0 Å². The number of hydrogen-bond acceptors (Lipinski definition) is 1. The number of carbonyl (C=O) groups is 1. The number of benzene rings is 1. The number of halogens is 2. The van der Waals surface area contributed by atoms with E-state index < -0.39 is 5.82 Å². The molecule has 0 N–H and O–H groups in total. The molecule has 19 heavy (non-hydrogen) atoms. The van der Waals surface area contributed by atoms with Crippen molar-refractivity contribution in [3.05, 3.63) is 34.1 Å². The molecule has 0 bridgehead atoms. The van der Waals surface area contributed by atoms with Gasteiger partial charge in [0.2, 0.25) is 0 Å². The van der Waals surface area contributed by atoms with Gasteiger partial charge in [-0.05, 0) is 45.8 Å². The van der Waals surface area contributed by atoms with Crippen LogP contribution < -0.4 is 0 Å². The van der Waals surface area contributed by atoms with Crippen molar-refractivity contribution in [2.24, 2.45) is 11.3 Å². The minimum Gasteiger partial charge on any atom is -0.338 e. The van der Waals surface area contributed by atoms with Gasteiger partial charge >= 0.3 is 0 Å². The van der Waals surface area contributed by atoms with Crippen LogP contribution in [0.1, 0.15) is 37.6 Å². The van der Waals surface area contributed by atoms with Gasteiger partial charge in [0.05, 0.1) is 10.0 Å². The number of likely N-dealkylation sites (tertiary alicyclic amines) is 1. The van der Waals surface area contributed by atoms with E-state index in [-0.39, 0.29) is 16.9 Å². The highest BCUT2D eigenvalue weighted by atomic mass is 79.9. The van der Waals surface area contributed by atoms with Crippen LogP contribution in [0.4, 0.5) is 4.39 Å². The van der Waals surface area contributed by atoms with E-state index in [9.17, 15) is 9.18 Å². The SMILES string of the molecule is CC(C)(C)C1CCN(C(=O)c2cccc(Br)c2F)C1. The zero-order chi connectivity index (χ0) is 14.2. The fourth-order valence-corrected chi connectivity index (χ4v) is 2.86. The minimum absolute atomic E-state index is 0.156. The van der Waals surface area contributed by atoms with Gasteiger partial charge in [0.15, 0.2) is 0 Å². The van der Waals surface area contributed by atoms with Crippen LogP contribution in [0.3, 0.4) is 0 Å². The Morgan fingerprint density at radius 2 is 2.11 bits per heavy atom. The van der Waals surface area contributed by atoms with Gasteiger partial charge in [-0.25, -0.2) is 4.39 Å². The first-order valence-electron chi connectivity index (χ1n) is 6.54. The number of carbonyl (C=O) groups excluding carboxylic acids is 1. The molecule has 1 aromatic rings. The molecule has 1 heterocycles. The highest BCUT2D eigenvalue weighted by Crippen LogP contribution is 2.34. The first kappa shape index (κ1) is 14.5. The summed E-state index contributed by atoms with van der Waals surface area (Å²) in [4.78, 5) is 14.1. The van der Waals surface area contributed by atoms with Crippen molar-refractivity contribution >= 4 is 21.8 Å². The van der Waals surface area contributed by atoms with Gasteiger partial charge in [-0.3, -0.25) is 4.79 Å². The van der Waals surface area contributed by atoms with E-state index in [1.807, 2.05) is 0 Å². The maximum absolute atomic E-state index is 13.9. The van der Waals surface area contributed by atoms with Crippen LogP contribution >= 0.6 is 15.9 Å². The lowest BCUT2D eigenvalue weighted by molar-refractivity contribution is 0.0772. The summed E-state index contributed by atoms with van der Waals surface area (Å²) in [5, 5.41) is 0. The first-order valence-corrected chi connectivity index (χ1v) is 7.33. The Hall–Kier alpha value is -0.900. The summed E-state index contributed by atoms with van der Waals surface area (Å²) >= 11 is 3.12. The van der Waals surface area contributed by atoms with Crippen LogP contribution in [0.25, 0.3) is 0 Å². The summed E-state index contributed by atoms with van der Waals surface area (Å²) in [6.45, 7) is 7.99. The molecule has 4 heteroatoms. The molecule has 0 aromatic heterocycles. The summed E-state index contributed by atoms with van der Waals surface area (Å²) in [7, 11) is 0. The predicted molar refractivity (Wildman–Crippen MR) is 77.6 cm³/mol. The van der Waals surface area contributed by atoms with E-state index >= 15 is 0 Å². The fourth-order valence-electron chi connectivity index (χ4n) is 2.49. The lowest BCUT2D eigenvalue weighted by Crippen LogP contribution is -2.31. The Bertz CT molecular complexity index is 495. The number of amides is 1. The molecule has 2 rings (SSSR count). The molecule has 2 nitrogen and oxygen atoms in total. The van der Waals surface area contributed by atoms with Crippen LogP contribution in [0, 0.1) is 17.2 Å². The Morgan fingerprint density at radius 3 is 2.68 bits per heavy atom. The van der Waals surface area contributed by atoms with Crippen LogP contribution in [0.15, 0.2) is 22.7 Å². The van der Waals surface area contributed by atoms with Crippen molar-refractivity contribution in [1.82, 2.24) is 4.90 Å². The second kappa shape index (κ2) is 5.23. The third-order valence-corrected chi connectivity index (χ3v) is 4.49. The summed E-state index contributed by atoms with van der Waals surface area (Å²) in [5.74, 6) is -0.191. The molecule has 1 amide bonds. The third-order valence-electron chi connectivity index (χ3n) is 3.88. The molecule has 1 aromatic carbocycles. The molecule has 1 aliphatic rings. The Balaban J connectivity index is 2.16. The van der Waals surface area contributed by atoms with Crippen molar-refractivity contribution in [2.75, 3.05) is 13.1 Å². The molecule has 1 aliphatic heterocycles. The van der Waals surface area contributed by atoms with E-state index in [2.05, 4.69) is 36.7 Å². The lowest BCUT2D eigenvalue weighted by Gasteiger charge is -2.27. The van der Waals surface area contributed by atoms with E-state index in [0.29, 0.717) is 23.5 Å². The molecular weight excluding hydrogens is 309 g/mol. The monoisotopic (exact) mass is 327 g/mol. The highest BCUT2D eigenvalue weighted by molar-refractivity contribution is 9.10. The van der Waals surface area contributed by atoms with E-state index in [1.54, 1.807) is 23.1 Å². The maximum Gasteiger partial charge on any atom is 0.256 e. The molecule has 0 saturated carbocycles. The quantitative estimate of drug-likeness (QED) is 0.760. The predicted octanol–water partition coefficient (Wildman–Crippen LogP) is 4.10. The largest absolute Gasteiger partial charge is 0.338 e. The smallest absolute Gasteiger partial charge is 0.256 e. The zero-order valence-electron chi connectivity index (χ0n) is 11.5. The average molecular weight is 328 g/mol. The van der Waals surface area contributed by atoms with Crippen molar-refractivity contribution in [3.63, 3.8) is 0 Å². The summed E-state index contributed by atoms with van der Waals surface area (Å²) < 4.78 is 14.3. The number of hydrogen-bond donors (Lipinski definition) is 0. The van der Waals surface area contributed by atoms with Gasteiger partial charge in [-0.15, -0.1) is 0 Å². The van der Waals surface area contributed by atoms with Gasteiger partial charge in [0, 0.05) is 13.1 Å². The lowest BCUT2D eigenvalue weighted by atomic mass is 9.80. The zero-order valence-corrected chi connectivity index (χ0v) is 13.1. The summed E-state index contributed by atoms with van der Waals surface area (Å²) in [5.41, 5.74) is 0.342. The van der Waals surface area contributed by atoms with Crippen LogP contribution in [0.5, 0.6) is 0 Å². The molecule has 1 atom stereocenters. The van der Waals surface area contributed by atoms with Crippen LogP contribution in [0.2, 0.25) is 0 Å². The van der Waals surface area contributed by atoms with Gasteiger partial charge < -0.3 is 4.90 Å². The Labute approximate surface area is 122 Å². The Morgan fingerprint density at radius 1 is 1.42 bits per heavy atom. The highest BCUT2D eigenvalue weighted by Gasteiger charge is 2.34. The number of rotatable bonds is 1. The van der Waals surface area contributed by atoms with Gasteiger partial charge in [-0.2, -0.15) is 0 Å². The molecule has 1 saturated heterocycles. The third kappa shape index (κ3) is 2.99. The van der Waals surface area contributed by atoms with E-state index in [0.717, 1.165) is 6.42 Å². The Kier molecular flexibility index (Phi) is 4.00. The molecule has 0 spiro atoms. The molecule has 1 fully saturated rings. The summed E-state index contributed by atoms with van der Waals surface area (Å²) in [6, 6.07) is 4.85. The van der Waals surface area contributed by atoms with Crippen LogP contribution in [-0.2, 0) is 0 Å². The molecule has 0 radical (unpaired) electrons. The maximum atomic E-state index is 13.9. The first-order chi connectivity index (χ1) is 8.80. The topological polar surface area (TPSA) is 20.3 Å². The van der Waals surface area contributed by atoms with Crippen molar-refractivity contribution in [3.8, 4) is 0 Å². The molecule has 0 aliphatic carbocycles. The summed E-state index contributed by atoms with van der Waals surface area (Å²) in [6.07, 6.45) is 0.991. The molecule has 104 valence electrons. The van der Waals surface area contributed by atoms with Crippen LogP contribution in [-0.4, -0.2) is 23.9 Å². The number of nitrogens with zero attached hydrogens (tertiary/aromatic N) is 1. The van der Waals surface area contributed by atoms with E-state index in [4.69, 9.17) is 0 Å². The standard InChI is InChI=1S/C15H19BrFNO/c1-15(2,3)10-7-8-18(9-10)14(19)11-5-4-6-12(16)13(11)17/h4-6,10H,7-9H2,1-3H3. The minimum atomic E-state index is -0.466. The normalized spacial score (nSPS) is 19.8. The van der Waals surface area contributed by atoms with Crippen molar-refractivity contribution in [2.45, 2.75) is 27.2 Å². The molecule has 1 unspecified atom stereocenters. The average Bonchev–Trinajstić information content (AvgIpc) is 2.81. The second-order valence-electron chi connectivity index (χ2n) is 6.20. The van der Waals surface area contributed by atoms with Gasteiger partial charge in [0.1, 0.15) is 5.82 Å². The van der Waals surface area contributed by atoms with Gasteiger partial charge in [-0.1, -0.05) is 26.8 Å². The fraction of sp³-hybridized carbons (Fsp3) is 0.533. The van der Waals surface area contributed by atoms with Gasteiger partial charge in [0.25, 0.3) is 5.91 Å². The second-order valence-corrected chi connectivity index (χ2v) is 7.06. The van der Waals surface area contributed by atoms with Crippen molar-refractivity contribution < 1.29 is 9.18 Å². The molecular formula is C15H19BrFNO.